The second-order valence-corrected chi connectivity index (χ2v) is 7.50. The van der Waals surface area contributed by atoms with E-state index in [1.165, 1.54) is 11.3 Å². The van der Waals surface area contributed by atoms with Gasteiger partial charge in [-0.3, -0.25) is 4.79 Å². The summed E-state index contributed by atoms with van der Waals surface area (Å²) in [5.74, 6) is 0.174. The maximum atomic E-state index is 12.4. The maximum absolute atomic E-state index is 12.4. The number of sulfone groups is 1. The molecule has 1 aliphatic rings. The van der Waals surface area contributed by atoms with Crippen molar-refractivity contribution in [1.82, 2.24) is 9.88 Å². The van der Waals surface area contributed by atoms with Gasteiger partial charge in [-0.25, -0.2) is 13.4 Å². The highest BCUT2D eigenvalue weighted by molar-refractivity contribution is 7.91. The van der Waals surface area contributed by atoms with Crippen molar-refractivity contribution in [2.45, 2.75) is 26.3 Å². The van der Waals surface area contributed by atoms with Crippen molar-refractivity contribution >= 4 is 27.1 Å². The van der Waals surface area contributed by atoms with E-state index in [2.05, 4.69) is 4.98 Å². The summed E-state index contributed by atoms with van der Waals surface area (Å²) >= 11 is 1.31. The van der Waals surface area contributed by atoms with Crippen LogP contribution >= 0.6 is 11.3 Å². The minimum absolute atomic E-state index is 0.0877. The normalized spacial score (nSPS) is 22.0. The molecule has 2 heterocycles. The van der Waals surface area contributed by atoms with Crippen molar-refractivity contribution in [3.8, 4) is 0 Å². The quantitative estimate of drug-likeness (QED) is 0.835. The Morgan fingerprint density at radius 3 is 2.78 bits per heavy atom. The molecule has 0 saturated carbocycles. The topological polar surface area (TPSA) is 67.3 Å². The van der Waals surface area contributed by atoms with E-state index >= 15 is 0 Å². The molecule has 1 amide bonds. The number of rotatable bonds is 3. The van der Waals surface area contributed by atoms with Crippen LogP contribution in [0.15, 0.2) is 5.51 Å². The van der Waals surface area contributed by atoms with Gasteiger partial charge in [-0.2, -0.15) is 0 Å². The number of carbonyl (C=O) groups is 1. The fourth-order valence-corrected chi connectivity index (χ4v) is 4.71. The van der Waals surface area contributed by atoms with Crippen molar-refractivity contribution in [2.24, 2.45) is 0 Å². The Hall–Kier alpha value is -0.950. The van der Waals surface area contributed by atoms with Crippen LogP contribution in [0.25, 0.3) is 0 Å². The van der Waals surface area contributed by atoms with Gasteiger partial charge in [0, 0.05) is 12.6 Å². The van der Waals surface area contributed by atoms with Crippen molar-refractivity contribution in [3.05, 3.63) is 16.1 Å². The Balaban J connectivity index is 2.20. The molecule has 1 fully saturated rings. The van der Waals surface area contributed by atoms with E-state index < -0.39 is 9.84 Å². The molecule has 0 aliphatic carbocycles. The Labute approximate surface area is 111 Å². The molecule has 1 atom stereocenters. The fraction of sp³-hybridized carbons (Fsp3) is 0.636. The highest BCUT2D eigenvalue weighted by Crippen LogP contribution is 2.22. The molecule has 1 aromatic rings. The van der Waals surface area contributed by atoms with Crippen LogP contribution in [0, 0.1) is 6.92 Å². The van der Waals surface area contributed by atoms with Crippen LogP contribution in [0.4, 0.5) is 0 Å². The summed E-state index contributed by atoms with van der Waals surface area (Å²) in [6.07, 6.45) is 0.541. The summed E-state index contributed by atoms with van der Waals surface area (Å²) in [5, 5.41) is 0. The van der Waals surface area contributed by atoms with Crippen LogP contribution in [0.2, 0.25) is 0 Å². The molecule has 5 nitrogen and oxygen atoms in total. The standard InChI is InChI=1S/C11H16N2O3S2/c1-3-13(9-4-5-18(15,16)6-9)11(14)10-8(2)12-7-17-10/h7,9H,3-6H2,1-2H3. The fourth-order valence-electron chi connectivity index (χ4n) is 2.23. The van der Waals surface area contributed by atoms with Gasteiger partial charge in [0.2, 0.25) is 0 Å². The van der Waals surface area contributed by atoms with E-state index in [0.29, 0.717) is 23.5 Å². The monoisotopic (exact) mass is 288 g/mol. The lowest BCUT2D eigenvalue weighted by atomic mass is 10.2. The van der Waals surface area contributed by atoms with Gasteiger partial charge in [-0.15, -0.1) is 11.3 Å². The number of aryl methyl sites for hydroxylation is 1. The predicted molar refractivity (Wildman–Crippen MR) is 70.6 cm³/mol. The third kappa shape index (κ3) is 2.56. The van der Waals surface area contributed by atoms with Crippen LogP contribution < -0.4 is 0 Å². The molecule has 0 spiro atoms. The molecule has 7 heteroatoms. The largest absolute Gasteiger partial charge is 0.334 e. The number of hydrogen-bond donors (Lipinski definition) is 0. The molecule has 0 radical (unpaired) electrons. The third-order valence-electron chi connectivity index (χ3n) is 3.19. The molecule has 100 valence electrons. The van der Waals surface area contributed by atoms with Crippen LogP contribution in [0.3, 0.4) is 0 Å². The van der Waals surface area contributed by atoms with E-state index in [-0.39, 0.29) is 23.5 Å². The van der Waals surface area contributed by atoms with Gasteiger partial charge in [-0.05, 0) is 20.3 Å². The zero-order chi connectivity index (χ0) is 13.3. The number of aromatic nitrogens is 1. The summed E-state index contributed by atoms with van der Waals surface area (Å²) in [5.41, 5.74) is 2.35. The zero-order valence-corrected chi connectivity index (χ0v) is 12.1. The molecule has 1 aliphatic heterocycles. The molecule has 18 heavy (non-hydrogen) atoms. The van der Waals surface area contributed by atoms with E-state index in [0.717, 1.165) is 0 Å². The smallest absolute Gasteiger partial charge is 0.266 e. The molecule has 0 N–H and O–H groups in total. The Morgan fingerprint density at radius 2 is 2.33 bits per heavy atom. The van der Waals surface area contributed by atoms with Gasteiger partial charge in [0.15, 0.2) is 9.84 Å². The summed E-state index contributed by atoms with van der Waals surface area (Å²) < 4.78 is 23.0. The van der Waals surface area contributed by atoms with Crippen molar-refractivity contribution in [2.75, 3.05) is 18.1 Å². The molecule has 0 aromatic carbocycles. The molecule has 1 aromatic heterocycles. The van der Waals surface area contributed by atoms with Crippen molar-refractivity contribution < 1.29 is 13.2 Å². The molecule has 0 bridgehead atoms. The first-order valence-electron chi connectivity index (χ1n) is 5.86. The first-order valence-corrected chi connectivity index (χ1v) is 8.56. The molecule has 1 saturated heterocycles. The molecule has 2 rings (SSSR count). The van der Waals surface area contributed by atoms with Crippen LogP contribution in [0.5, 0.6) is 0 Å². The van der Waals surface area contributed by atoms with E-state index in [1.807, 2.05) is 6.92 Å². The predicted octanol–water partition coefficient (Wildman–Crippen LogP) is 1.10. The molecular weight excluding hydrogens is 272 g/mol. The van der Waals surface area contributed by atoms with Gasteiger partial charge in [0.05, 0.1) is 22.7 Å². The van der Waals surface area contributed by atoms with E-state index in [1.54, 1.807) is 17.3 Å². The summed E-state index contributed by atoms with van der Waals surface area (Å²) in [7, 11) is -2.97. The number of nitrogens with zero attached hydrogens (tertiary/aromatic N) is 2. The molecular formula is C11H16N2O3S2. The van der Waals surface area contributed by atoms with Crippen molar-refractivity contribution in [1.29, 1.82) is 0 Å². The minimum atomic E-state index is -2.97. The lowest BCUT2D eigenvalue weighted by Gasteiger charge is -2.26. The maximum Gasteiger partial charge on any atom is 0.266 e. The average molecular weight is 288 g/mol. The summed E-state index contributed by atoms with van der Waals surface area (Å²) in [6.45, 7) is 4.19. The van der Waals surface area contributed by atoms with Gasteiger partial charge < -0.3 is 4.90 Å². The summed E-state index contributed by atoms with van der Waals surface area (Å²) in [4.78, 5) is 18.7. The number of carbonyl (C=O) groups excluding carboxylic acids is 1. The Kier molecular flexibility index (Phi) is 3.72. The highest BCUT2D eigenvalue weighted by Gasteiger charge is 2.34. The third-order valence-corrected chi connectivity index (χ3v) is 5.86. The Morgan fingerprint density at radius 1 is 1.61 bits per heavy atom. The van der Waals surface area contributed by atoms with Crippen molar-refractivity contribution in [3.63, 3.8) is 0 Å². The van der Waals surface area contributed by atoms with Crippen LogP contribution in [-0.2, 0) is 9.84 Å². The number of amides is 1. The lowest BCUT2D eigenvalue weighted by molar-refractivity contribution is 0.0712. The second-order valence-electron chi connectivity index (χ2n) is 4.41. The van der Waals surface area contributed by atoms with E-state index in [4.69, 9.17) is 0 Å². The van der Waals surface area contributed by atoms with Crippen LogP contribution in [-0.4, -0.2) is 48.3 Å². The average Bonchev–Trinajstić information content (AvgIpc) is 2.86. The number of thiazole rings is 1. The Bertz CT molecular complexity index is 550. The second kappa shape index (κ2) is 4.97. The van der Waals surface area contributed by atoms with Gasteiger partial charge in [-0.1, -0.05) is 0 Å². The van der Waals surface area contributed by atoms with Crippen LogP contribution in [0.1, 0.15) is 28.7 Å². The van der Waals surface area contributed by atoms with Gasteiger partial charge >= 0.3 is 0 Å². The lowest BCUT2D eigenvalue weighted by Crippen LogP contribution is -2.40. The first-order chi connectivity index (χ1) is 8.44. The SMILES string of the molecule is CCN(C(=O)c1scnc1C)C1CCS(=O)(=O)C1. The molecule has 1 unspecified atom stereocenters. The number of hydrogen-bond acceptors (Lipinski definition) is 5. The highest BCUT2D eigenvalue weighted by atomic mass is 32.2. The van der Waals surface area contributed by atoms with E-state index in [9.17, 15) is 13.2 Å². The summed E-state index contributed by atoms with van der Waals surface area (Å²) in [6, 6.07) is -0.186. The van der Waals surface area contributed by atoms with Gasteiger partial charge in [0.25, 0.3) is 5.91 Å². The zero-order valence-electron chi connectivity index (χ0n) is 10.4. The first kappa shape index (κ1) is 13.5. The van der Waals surface area contributed by atoms with Gasteiger partial charge in [0.1, 0.15) is 4.88 Å². The minimum Gasteiger partial charge on any atom is -0.334 e.